The highest BCUT2D eigenvalue weighted by Crippen LogP contribution is 2.82. The van der Waals surface area contributed by atoms with Gasteiger partial charge in [-0.15, -0.1) is 0 Å². The van der Waals surface area contributed by atoms with Crippen LogP contribution in [0.25, 0.3) is 0 Å². The summed E-state index contributed by atoms with van der Waals surface area (Å²) < 4.78 is 36.4. The van der Waals surface area contributed by atoms with E-state index in [1.807, 2.05) is 60.5 Å². The van der Waals surface area contributed by atoms with E-state index in [0.717, 1.165) is 16.8 Å². The van der Waals surface area contributed by atoms with Crippen molar-refractivity contribution in [1.82, 2.24) is 4.90 Å². The molecule has 224 valence electrons. The standard InChI is InChI=1S/C32H38N2O8/c1-6-29-15-21(18-40-19-37-3)34-25(35)16-30-23-13-12-22(38-4)14-24(23)33(2)26(30)31(28(36)39-5,42-32(29,30)34)27(29)41-17-20-10-8-7-9-11-20/h7-14,21,26-27H,6,15-19H2,1-5H3/t21-,26-,27+,29+,30+,31+,32+/m1/s1. The molecule has 4 saturated heterocycles. The van der Waals surface area contributed by atoms with Gasteiger partial charge in [-0.1, -0.05) is 43.3 Å². The predicted octanol–water partition coefficient (Wildman–Crippen LogP) is 3.01. The average molecular weight is 579 g/mol. The van der Waals surface area contributed by atoms with Gasteiger partial charge in [-0.2, -0.15) is 0 Å². The second-order valence-corrected chi connectivity index (χ2v) is 12.2. The highest BCUT2D eigenvalue weighted by Gasteiger charge is 2.98. The molecule has 0 saturated carbocycles. The molecule has 2 spiro atoms. The number of amides is 1. The number of methoxy groups -OCH3 is 3. The average Bonchev–Trinajstić information content (AvgIpc) is 3.69. The lowest BCUT2D eigenvalue weighted by Crippen LogP contribution is -2.73. The van der Waals surface area contributed by atoms with Crippen LogP contribution in [-0.4, -0.2) is 88.1 Å². The molecule has 5 aliphatic heterocycles. The number of carbonyl (C=O) groups is 2. The van der Waals surface area contributed by atoms with Crippen LogP contribution in [0.1, 0.15) is 37.3 Å². The molecule has 0 N–H and O–H groups in total. The summed E-state index contributed by atoms with van der Waals surface area (Å²) in [6.07, 6.45) is 0.689. The first-order valence-electron chi connectivity index (χ1n) is 14.6. The molecule has 5 heterocycles. The van der Waals surface area contributed by atoms with Gasteiger partial charge in [0.15, 0.2) is 5.72 Å². The van der Waals surface area contributed by atoms with E-state index in [0.29, 0.717) is 18.6 Å². The van der Waals surface area contributed by atoms with Crippen molar-refractivity contribution in [2.75, 3.05) is 46.7 Å². The number of hydrogen-bond acceptors (Lipinski definition) is 9. The van der Waals surface area contributed by atoms with Crippen LogP contribution in [0.4, 0.5) is 5.69 Å². The minimum absolute atomic E-state index is 0.0133. The van der Waals surface area contributed by atoms with Gasteiger partial charge in [0.25, 0.3) is 0 Å². The second-order valence-electron chi connectivity index (χ2n) is 12.2. The Morgan fingerprint density at radius 2 is 1.90 bits per heavy atom. The van der Waals surface area contributed by atoms with E-state index in [-0.39, 0.29) is 38.4 Å². The number of anilines is 1. The normalized spacial score (nSPS) is 36.8. The van der Waals surface area contributed by atoms with Gasteiger partial charge >= 0.3 is 5.97 Å². The van der Waals surface area contributed by atoms with Crippen molar-refractivity contribution in [2.24, 2.45) is 5.41 Å². The monoisotopic (exact) mass is 578 g/mol. The molecule has 0 aliphatic carbocycles. The van der Waals surface area contributed by atoms with Crippen LogP contribution in [0, 0.1) is 5.41 Å². The number of rotatable bonds is 10. The van der Waals surface area contributed by atoms with Gasteiger partial charge in [0.2, 0.25) is 11.5 Å². The van der Waals surface area contributed by atoms with Crippen LogP contribution in [0.5, 0.6) is 5.75 Å². The Balaban J connectivity index is 1.47. The van der Waals surface area contributed by atoms with Crippen molar-refractivity contribution in [3.05, 3.63) is 59.7 Å². The Labute approximate surface area is 245 Å². The fourth-order valence-corrected chi connectivity index (χ4v) is 9.63. The molecule has 5 aliphatic rings. The Bertz CT molecular complexity index is 1420. The van der Waals surface area contributed by atoms with E-state index < -0.39 is 40.3 Å². The lowest BCUT2D eigenvalue weighted by atomic mass is 9.50. The predicted molar refractivity (Wildman–Crippen MR) is 151 cm³/mol. The summed E-state index contributed by atoms with van der Waals surface area (Å²) in [5.41, 5.74) is -1.32. The fraction of sp³-hybridized carbons (Fsp3) is 0.562. The van der Waals surface area contributed by atoms with Crippen LogP contribution in [-0.2, 0) is 45.3 Å². The third-order valence-electron chi connectivity index (χ3n) is 10.7. The van der Waals surface area contributed by atoms with Crippen molar-refractivity contribution < 1.29 is 38.0 Å². The third-order valence-corrected chi connectivity index (χ3v) is 10.7. The van der Waals surface area contributed by atoms with Crippen molar-refractivity contribution in [3.63, 3.8) is 0 Å². The molecule has 10 heteroatoms. The summed E-state index contributed by atoms with van der Waals surface area (Å²) >= 11 is 0. The van der Waals surface area contributed by atoms with Crippen LogP contribution < -0.4 is 9.64 Å². The molecule has 10 nitrogen and oxygen atoms in total. The number of carbonyl (C=O) groups excluding carboxylic acids is 2. The second kappa shape index (κ2) is 9.41. The number of likely N-dealkylation sites (N-methyl/N-ethyl adjacent to an activating group) is 1. The lowest BCUT2D eigenvalue weighted by Gasteiger charge is -2.54. The minimum Gasteiger partial charge on any atom is -0.497 e. The van der Waals surface area contributed by atoms with Crippen molar-refractivity contribution >= 4 is 17.6 Å². The zero-order chi connectivity index (χ0) is 29.5. The van der Waals surface area contributed by atoms with Crippen LogP contribution in [0.3, 0.4) is 0 Å². The molecule has 4 fully saturated rings. The van der Waals surface area contributed by atoms with Crippen molar-refractivity contribution in [3.8, 4) is 5.75 Å². The maximum absolute atomic E-state index is 14.3. The maximum Gasteiger partial charge on any atom is 0.343 e. The summed E-state index contributed by atoms with van der Waals surface area (Å²) in [6.45, 7) is 2.80. The Morgan fingerprint density at radius 3 is 2.60 bits per heavy atom. The lowest BCUT2D eigenvalue weighted by molar-refractivity contribution is -0.194. The molecule has 2 bridgehead atoms. The summed E-state index contributed by atoms with van der Waals surface area (Å²) in [6, 6.07) is 15.0. The molecule has 42 heavy (non-hydrogen) atoms. The Morgan fingerprint density at radius 1 is 1.12 bits per heavy atom. The molecule has 0 unspecified atom stereocenters. The van der Waals surface area contributed by atoms with Gasteiger partial charge in [-0.25, -0.2) is 4.79 Å². The van der Waals surface area contributed by atoms with E-state index in [2.05, 4.69) is 11.8 Å². The minimum atomic E-state index is -1.49. The first kappa shape index (κ1) is 27.6. The summed E-state index contributed by atoms with van der Waals surface area (Å²) in [7, 11) is 6.57. The molecule has 7 atom stereocenters. The van der Waals surface area contributed by atoms with Crippen molar-refractivity contribution in [2.45, 2.75) is 67.7 Å². The van der Waals surface area contributed by atoms with E-state index in [1.54, 1.807) is 14.2 Å². The van der Waals surface area contributed by atoms with Gasteiger partial charge in [0, 0.05) is 32.3 Å². The fourth-order valence-electron chi connectivity index (χ4n) is 9.63. The first-order chi connectivity index (χ1) is 20.3. The summed E-state index contributed by atoms with van der Waals surface area (Å²) in [5.74, 6) is 0.203. The molecule has 1 amide bonds. The van der Waals surface area contributed by atoms with E-state index in [4.69, 9.17) is 28.4 Å². The molecule has 2 aromatic rings. The number of hydrogen-bond donors (Lipinski definition) is 0. The summed E-state index contributed by atoms with van der Waals surface area (Å²) in [4.78, 5) is 32.6. The SMILES string of the molecule is CC[C@@]12C[C@H](COCOC)N3C(=O)C[C@]45c6ccc(OC)cc6N(C)[C@H]4[C@](C(=O)OC)(O[C@@]315)[C@H]2OCc1ccccc1. The van der Waals surface area contributed by atoms with Gasteiger partial charge in [0.05, 0.1) is 50.3 Å². The number of nitrogens with zero attached hydrogens (tertiary/aromatic N) is 2. The molecule has 0 radical (unpaired) electrons. The van der Waals surface area contributed by atoms with Gasteiger partial charge in [-0.3, -0.25) is 4.79 Å². The molecule has 7 rings (SSSR count). The van der Waals surface area contributed by atoms with Crippen LogP contribution in [0.15, 0.2) is 48.5 Å². The Hall–Kier alpha value is -3.18. The highest BCUT2D eigenvalue weighted by molar-refractivity contribution is 5.95. The third kappa shape index (κ3) is 2.94. The van der Waals surface area contributed by atoms with E-state index in [1.165, 1.54) is 7.11 Å². The largest absolute Gasteiger partial charge is 0.497 e. The van der Waals surface area contributed by atoms with Crippen LogP contribution >= 0.6 is 0 Å². The molecular weight excluding hydrogens is 540 g/mol. The molecule has 2 aromatic carbocycles. The zero-order valence-corrected chi connectivity index (χ0v) is 24.8. The quantitative estimate of drug-likeness (QED) is 0.240. The number of ether oxygens (including phenoxy) is 6. The molecular formula is C32H38N2O8. The summed E-state index contributed by atoms with van der Waals surface area (Å²) in [5, 5.41) is 0. The van der Waals surface area contributed by atoms with E-state index in [9.17, 15) is 9.59 Å². The van der Waals surface area contributed by atoms with Gasteiger partial charge in [-0.05, 0) is 30.0 Å². The first-order valence-corrected chi connectivity index (χ1v) is 14.6. The number of fused-ring (bicyclic) bond motifs is 3. The number of benzene rings is 2. The zero-order valence-electron chi connectivity index (χ0n) is 24.8. The van der Waals surface area contributed by atoms with E-state index >= 15 is 0 Å². The number of esters is 1. The van der Waals surface area contributed by atoms with Crippen molar-refractivity contribution in [1.29, 1.82) is 0 Å². The molecule has 0 aromatic heterocycles. The van der Waals surface area contributed by atoms with Gasteiger partial charge in [0.1, 0.15) is 18.6 Å². The Kier molecular flexibility index (Phi) is 6.19. The topological polar surface area (TPSA) is 96.0 Å². The van der Waals surface area contributed by atoms with Gasteiger partial charge < -0.3 is 38.2 Å². The highest BCUT2D eigenvalue weighted by atomic mass is 16.7. The smallest absolute Gasteiger partial charge is 0.343 e. The maximum atomic E-state index is 14.3. The van der Waals surface area contributed by atoms with Crippen LogP contribution in [0.2, 0.25) is 0 Å².